The molecule has 0 heterocycles. The molecule has 0 aromatic heterocycles. The highest BCUT2D eigenvalue weighted by atomic mass is 16.5. The molecule has 8 heavy (non-hydrogen) atoms. The van der Waals surface area contributed by atoms with Gasteiger partial charge >= 0.3 is 0 Å². The molecule has 0 fully saturated rings. The second-order valence-electron chi connectivity index (χ2n) is 1.25. The number of hydrogen-bond donors (Lipinski definition) is 1. The van der Waals surface area contributed by atoms with E-state index in [1.54, 1.807) is 0 Å². The Balaban J connectivity index is 3.92. The molecule has 0 aliphatic rings. The number of hydrogen-bond acceptors (Lipinski definition) is 3. The summed E-state index contributed by atoms with van der Waals surface area (Å²) in [6.07, 6.45) is 0.641. The third kappa shape index (κ3) is 1.64. The number of rotatable bonds is 2. The maximum atomic E-state index is 10.3. The lowest BCUT2D eigenvalue weighted by Gasteiger charge is -1.95. The zero-order chi connectivity index (χ0) is 6.57. The van der Waals surface area contributed by atoms with Gasteiger partial charge in [-0.05, 0) is 0 Å². The first-order chi connectivity index (χ1) is 3.72. The molecule has 0 aromatic carbocycles. The lowest BCUT2D eigenvalue weighted by atomic mass is 10.4. The highest BCUT2D eigenvalue weighted by molar-refractivity contribution is 5.90. The van der Waals surface area contributed by atoms with Gasteiger partial charge < -0.3 is 9.84 Å². The largest absolute Gasteiger partial charge is 0.512 e. The van der Waals surface area contributed by atoms with Gasteiger partial charge in [0.2, 0.25) is 0 Å². The van der Waals surface area contributed by atoms with Crippen LogP contribution in [0.4, 0.5) is 0 Å². The van der Waals surface area contributed by atoms with Crippen molar-refractivity contribution in [3.05, 3.63) is 12.0 Å². The molecule has 3 nitrogen and oxygen atoms in total. The number of aliphatic hydroxyl groups excluding tert-OH is 1. The molecular weight excluding hydrogens is 108 g/mol. The van der Waals surface area contributed by atoms with Crippen LogP contribution in [-0.4, -0.2) is 18.0 Å². The molecule has 0 atom stereocenters. The van der Waals surface area contributed by atoms with Gasteiger partial charge in [0.1, 0.15) is 6.26 Å². The van der Waals surface area contributed by atoms with Gasteiger partial charge in [-0.3, -0.25) is 4.79 Å². The van der Waals surface area contributed by atoms with Gasteiger partial charge in [0, 0.05) is 6.92 Å². The summed E-state index contributed by atoms with van der Waals surface area (Å²) in [7, 11) is 1.32. The molecule has 1 N–H and O–H groups in total. The summed E-state index contributed by atoms with van der Waals surface area (Å²) in [5.41, 5.74) is 0. The van der Waals surface area contributed by atoms with Crippen LogP contribution in [-0.2, 0) is 9.53 Å². The molecule has 0 saturated carbocycles. The van der Waals surface area contributed by atoms with Crippen LogP contribution < -0.4 is 0 Å². The highest BCUT2D eigenvalue weighted by Crippen LogP contribution is 1.92. The molecule has 0 aliphatic heterocycles. The molecule has 46 valence electrons. The van der Waals surface area contributed by atoms with Crippen molar-refractivity contribution in [1.82, 2.24) is 0 Å². The molecule has 0 spiro atoms. The molecule has 0 rings (SSSR count). The number of ketones is 1. The number of Topliss-reactive ketones (excluding diaryl/α,β-unsaturated/α-hetero) is 1. The van der Waals surface area contributed by atoms with Crippen LogP contribution in [0.3, 0.4) is 0 Å². The van der Waals surface area contributed by atoms with E-state index in [1.165, 1.54) is 14.0 Å². The van der Waals surface area contributed by atoms with Crippen molar-refractivity contribution in [3.8, 4) is 0 Å². The average molecular weight is 116 g/mol. The summed E-state index contributed by atoms with van der Waals surface area (Å²) in [6, 6.07) is 0. The molecule has 0 aromatic rings. The van der Waals surface area contributed by atoms with Crippen LogP contribution >= 0.6 is 0 Å². The average Bonchev–Trinajstić information content (AvgIpc) is 1.69. The van der Waals surface area contributed by atoms with Crippen molar-refractivity contribution in [2.45, 2.75) is 6.92 Å². The molecule has 3 heteroatoms. The Hall–Kier alpha value is -0.990. The van der Waals surface area contributed by atoms with Crippen LogP contribution in [0.25, 0.3) is 0 Å². The van der Waals surface area contributed by atoms with Gasteiger partial charge in [0.15, 0.2) is 11.5 Å². The van der Waals surface area contributed by atoms with E-state index in [2.05, 4.69) is 4.74 Å². The molecule has 0 saturated heterocycles. The molecule has 0 amide bonds. The Labute approximate surface area is 47.6 Å². The minimum atomic E-state index is -0.282. The summed E-state index contributed by atoms with van der Waals surface area (Å²) in [6.45, 7) is 1.31. The first-order valence-corrected chi connectivity index (χ1v) is 2.11. The van der Waals surface area contributed by atoms with Crippen LogP contribution in [0.15, 0.2) is 12.0 Å². The molecule has 0 aliphatic carbocycles. The third-order valence-electron chi connectivity index (χ3n) is 0.684. The number of methoxy groups -OCH3 is 1. The molecule has 0 radical (unpaired) electrons. The van der Waals surface area contributed by atoms with E-state index in [0.29, 0.717) is 6.26 Å². The lowest BCUT2D eigenvalue weighted by molar-refractivity contribution is -0.116. The number of aliphatic hydroxyl groups is 1. The number of carbonyl (C=O) groups excluding carboxylic acids is 1. The van der Waals surface area contributed by atoms with E-state index < -0.39 is 0 Å². The predicted molar refractivity (Wildman–Crippen MR) is 28.4 cm³/mol. The zero-order valence-electron chi connectivity index (χ0n) is 4.84. The molecule has 0 unspecified atom stereocenters. The maximum absolute atomic E-state index is 10.3. The van der Waals surface area contributed by atoms with E-state index in [4.69, 9.17) is 5.11 Å². The van der Waals surface area contributed by atoms with Gasteiger partial charge in [-0.1, -0.05) is 0 Å². The fraction of sp³-hybridized carbons (Fsp3) is 0.400. The van der Waals surface area contributed by atoms with Gasteiger partial charge in [-0.15, -0.1) is 0 Å². The van der Waals surface area contributed by atoms with Gasteiger partial charge in [0.05, 0.1) is 7.11 Å². The van der Waals surface area contributed by atoms with Crippen molar-refractivity contribution in [1.29, 1.82) is 0 Å². The van der Waals surface area contributed by atoms with E-state index in [1.807, 2.05) is 0 Å². The first-order valence-electron chi connectivity index (χ1n) is 2.11. The Bertz CT molecular complexity index is 115. The van der Waals surface area contributed by atoms with Crippen molar-refractivity contribution in [2.75, 3.05) is 7.11 Å². The van der Waals surface area contributed by atoms with Gasteiger partial charge in [0.25, 0.3) is 0 Å². The zero-order valence-corrected chi connectivity index (χ0v) is 4.84. The topological polar surface area (TPSA) is 46.5 Å². The van der Waals surface area contributed by atoms with Crippen molar-refractivity contribution in [3.63, 3.8) is 0 Å². The fourth-order valence-electron chi connectivity index (χ4n) is 0.287. The minimum Gasteiger partial charge on any atom is -0.512 e. The summed E-state index contributed by atoms with van der Waals surface area (Å²) < 4.78 is 4.42. The smallest absolute Gasteiger partial charge is 0.197 e. The predicted octanol–water partition coefficient (Wildman–Crippen LogP) is 0.621. The van der Waals surface area contributed by atoms with E-state index in [0.717, 1.165) is 0 Å². The van der Waals surface area contributed by atoms with Crippen LogP contribution in [0.2, 0.25) is 0 Å². The summed E-state index contributed by atoms with van der Waals surface area (Å²) in [4.78, 5) is 10.3. The fourth-order valence-corrected chi connectivity index (χ4v) is 0.287. The van der Waals surface area contributed by atoms with E-state index in [9.17, 15) is 4.79 Å². The van der Waals surface area contributed by atoms with Crippen molar-refractivity contribution < 1.29 is 14.6 Å². The normalized spacial score (nSPS) is 11.0. The third-order valence-corrected chi connectivity index (χ3v) is 0.684. The van der Waals surface area contributed by atoms with Crippen LogP contribution in [0, 0.1) is 0 Å². The van der Waals surface area contributed by atoms with E-state index >= 15 is 0 Å². The Kier molecular flexibility index (Phi) is 2.69. The van der Waals surface area contributed by atoms with Gasteiger partial charge in [-0.25, -0.2) is 0 Å². The maximum Gasteiger partial charge on any atom is 0.197 e. The SMILES string of the molecule is CO/C(=C/O)C(C)=O. The molecular formula is C5H8O3. The number of ether oxygens (including phenoxy) is 1. The standard InChI is InChI=1S/C5H8O3/c1-4(7)5(3-6)8-2/h3,6H,1-2H3/b5-3+. The first kappa shape index (κ1) is 7.01. The van der Waals surface area contributed by atoms with E-state index in [-0.39, 0.29) is 11.5 Å². The Morgan fingerprint density at radius 3 is 2.25 bits per heavy atom. The highest BCUT2D eigenvalue weighted by Gasteiger charge is 1.99. The number of allylic oxidation sites excluding steroid dienone is 1. The Morgan fingerprint density at radius 1 is 1.75 bits per heavy atom. The van der Waals surface area contributed by atoms with Crippen molar-refractivity contribution in [2.24, 2.45) is 0 Å². The minimum absolute atomic E-state index is 0.0231. The van der Waals surface area contributed by atoms with Gasteiger partial charge in [-0.2, -0.15) is 0 Å². The van der Waals surface area contributed by atoms with Crippen LogP contribution in [0.5, 0.6) is 0 Å². The second kappa shape index (κ2) is 3.07. The monoisotopic (exact) mass is 116 g/mol. The lowest BCUT2D eigenvalue weighted by Crippen LogP contribution is -1.97. The second-order valence-corrected chi connectivity index (χ2v) is 1.25. The molecule has 0 bridgehead atoms. The van der Waals surface area contributed by atoms with Crippen molar-refractivity contribution >= 4 is 5.78 Å². The Morgan fingerprint density at radius 2 is 2.25 bits per heavy atom. The summed E-state index contributed by atoms with van der Waals surface area (Å²) in [5, 5.41) is 8.19. The van der Waals surface area contributed by atoms with Crippen LogP contribution in [0.1, 0.15) is 6.92 Å². The quantitative estimate of drug-likeness (QED) is 0.425. The summed E-state index contributed by atoms with van der Waals surface area (Å²) in [5.74, 6) is -0.306. The summed E-state index contributed by atoms with van der Waals surface area (Å²) >= 11 is 0. The number of carbonyl (C=O) groups is 1.